The molecule has 2 nitrogen and oxygen atoms in total. The molecule has 0 fully saturated rings. The maximum Gasteiger partial charge on any atom is 0.139 e. The van der Waals surface area contributed by atoms with Crippen LogP contribution in [0.3, 0.4) is 0 Å². The molecule has 11 heavy (non-hydrogen) atoms. The van der Waals surface area contributed by atoms with Gasteiger partial charge in [0.25, 0.3) is 0 Å². The molecular weight excluding hydrogens is 138 g/mol. The van der Waals surface area contributed by atoms with Gasteiger partial charge in [-0.1, -0.05) is 18.2 Å². The summed E-state index contributed by atoms with van der Waals surface area (Å²) in [5, 5.41) is 0. The Bertz CT molecular complexity index is 184. The number of ether oxygens (including phenoxy) is 1. The van der Waals surface area contributed by atoms with Gasteiger partial charge in [0.1, 0.15) is 5.72 Å². The van der Waals surface area contributed by atoms with Crippen molar-refractivity contribution in [3.05, 3.63) is 24.3 Å². The van der Waals surface area contributed by atoms with Crippen LogP contribution in [0.15, 0.2) is 24.3 Å². The van der Waals surface area contributed by atoms with Crippen LogP contribution in [0.25, 0.3) is 0 Å². The van der Waals surface area contributed by atoms with E-state index in [1.807, 2.05) is 38.2 Å². The molecule has 0 aromatic heterocycles. The predicted octanol–water partition coefficient (Wildman–Crippen LogP) is 1.58. The van der Waals surface area contributed by atoms with Gasteiger partial charge in [-0.05, 0) is 19.9 Å². The van der Waals surface area contributed by atoms with Gasteiger partial charge in [-0.3, -0.25) is 5.73 Å². The van der Waals surface area contributed by atoms with Gasteiger partial charge in [0, 0.05) is 6.42 Å². The van der Waals surface area contributed by atoms with Crippen LogP contribution in [-0.4, -0.2) is 11.8 Å². The first-order valence-corrected chi connectivity index (χ1v) is 3.93. The molecule has 1 atom stereocenters. The maximum absolute atomic E-state index is 5.90. The summed E-state index contributed by atoms with van der Waals surface area (Å²) < 4.78 is 5.52. The van der Waals surface area contributed by atoms with E-state index >= 15 is 0 Å². The molecule has 0 spiro atoms. The molecule has 2 N–H and O–H groups in total. The van der Waals surface area contributed by atoms with Crippen molar-refractivity contribution in [3.63, 3.8) is 0 Å². The highest BCUT2D eigenvalue weighted by Crippen LogP contribution is 2.17. The normalized spacial score (nSPS) is 29.8. The average Bonchev–Trinajstić information content (AvgIpc) is 1.85. The summed E-state index contributed by atoms with van der Waals surface area (Å²) in [5.41, 5.74) is 5.33. The molecule has 1 rings (SSSR count). The quantitative estimate of drug-likeness (QED) is 0.611. The predicted molar refractivity (Wildman–Crippen MR) is 46.0 cm³/mol. The Kier molecular flexibility index (Phi) is 2.47. The zero-order chi connectivity index (χ0) is 8.32. The van der Waals surface area contributed by atoms with Crippen molar-refractivity contribution in [3.8, 4) is 0 Å². The molecule has 62 valence electrons. The molecular formula is C9H15NO. The lowest BCUT2D eigenvalue weighted by atomic mass is 10.1. The number of rotatable bonds is 2. The second-order valence-corrected chi connectivity index (χ2v) is 3.11. The number of hydrogen-bond donors (Lipinski definition) is 1. The Balaban J connectivity index is 2.54. The van der Waals surface area contributed by atoms with E-state index in [1.165, 1.54) is 0 Å². The Morgan fingerprint density at radius 3 is 2.64 bits per heavy atom. The van der Waals surface area contributed by atoms with E-state index in [0.29, 0.717) is 0 Å². The van der Waals surface area contributed by atoms with E-state index in [2.05, 4.69) is 0 Å². The van der Waals surface area contributed by atoms with Crippen molar-refractivity contribution in [2.45, 2.75) is 32.1 Å². The van der Waals surface area contributed by atoms with E-state index in [9.17, 15) is 0 Å². The molecule has 0 saturated heterocycles. The van der Waals surface area contributed by atoms with Crippen molar-refractivity contribution < 1.29 is 4.74 Å². The van der Waals surface area contributed by atoms with E-state index in [1.54, 1.807) is 0 Å². The monoisotopic (exact) mass is 153 g/mol. The second-order valence-electron chi connectivity index (χ2n) is 3.11. The van der Waals surface area contributed by atoms with Crippen LogP contribution in [0.1, 0.15) is 20.3 Å². The van der Waals surface area contributed by atoms with Gasteiger partial charge in [-0.2, -0.15) is 0 Å². The molecule has 0 radical (unpaired) electrons. The van der Waals surface area contributed by atoms with Crippen LogP contribution in [-0.2, 0) is 4.74 Å². The highest BCUT2D eigenvalue weighted by Gasteiger charge is 2.22. The Hall–Kier alpha value is -0.600. The van der Waals surface area contributed by atoms with Crippen molar-refractivity contribution in [1.29, 1.82) is 0 Å². The zero-order valence-electron chi connectivity index (χ0n) is 7.08. The van der Waals surface area contributed by atoms with E-state index in [0.717, 1.165) is 6.42 Å². The van der Waals surface area contributed by atoms with E-state index < -0.39 is 5.72 Å². The third-order valence-electron chi connectivity index (χ3n) is 1.52. The summed E-state index contributed by atoms with van der Waals surface area (Å²) in [6.45, 7) is 3.97. The van der Waals surface area contributed by atoms with E-state index in [-0.39, 0.29) is 6.10 Å². The lowest BCUT2D eigenvalue weighted by Crippen LogP contribution is -2.42. The molecule has 2 heteroatoms. The summed E-state index contributed by atoms with van der Waals surface area (Å²) in [6.07, 6.45) is 8.76. The molecule has 0 heterocycles. The molecule has 0 amide bonds. The first-order valence-electron chi connectivity index (χ1n) is 3.93. The Morgan fingerprint density at radius 1 is 1.45 bits per heavy atom. The second kappa shape index (κ2) is 3.20. The largest absolute Gasteiger partial charge is 0.354 e. The van der Waals surface area contributed by atoms with Gasteiger partial charge in [-0.15, -0.1) is 0 Å². The fraction of sp³-hybridized carbons (Fsp3) is 0.556. The van der Waals surface area contributed by atoms with Crippen LogP contribution in [0.5, 0.6) is 0 Å². The fourth-order valence-corrected chi connectivity index (χ4v) is 1.14. The summed E-state index contributed by atoms with van der Waals surface area (Å²) >= 11 is 0. The third-order valence-corrected chi connectivity index (χ3v) is 1.52. The molecule has 0 aromatic carbocycles. The average molecular weight is 153 g/mol. The number of allylic oxidation sites excluding steroid dienone is 2. The van der Waals surface area contributed by atoms with Crippen molar-refractivity contribution in [1.82, 2.24) is 0 Å². The van der Waals surface area contributed by atoms with Crippen LogP contribution < -0.4 is 5.73 Å². The van der Waals surface area contributed by atoms with E-state index in [4.69, 9.17) is 10.5 Å². The fourth-order valence-electron chi connectivity index (χ4n) is 1.14. The number of hydrogen-bond acceptors (Lipinski definition) is 2. The van der Waals surface area contributed by atoms with Crippen LogP contribution in [0, 0.1) is 0 Å². The van der Waals surface area contributed by atoms with Gasteiger partial charge in [0.15, 0.2) is 0 Å². The molecule has 1 aliphatic carbocycles. The lowest BCUT2D eigenvalue weighted by Gasteiger charge is -2.28. The highest BCUT2D eigenvalue weighted by atomic mass is 16.5. The first-order chi connectivity index (χ1) is 5.12. The minimum absolute atomic E-state index is 0.177. The first kappa shape index (κ1) is 8.50. The summed E-state index contributed by atoms with van der Waals surface area (Å²) in [7, 11) is 0. The molecule has 1 unspecified atom stereocenters. The SMILES string of the molecule is CC(C)OC1(N)C=CC=CC1. The van der Waals surface area contributed by atoms with Crippen molar-refractivity contribution in [2.75, 3.05) is 0 Å². The number of nitrogens with two attached hydrogens (primary N) is 1. The minimum Gasteiger partial charge on any atom is -0.354 e. The molecule has 0 aliphatic heterocycles. The van der Waals surface area contributed by atoms with Crippen LogP contribution in [0.2, 0.25) is 0 Å². The van der Waals surface area contributed by atoms with Gasteiger partial charge in [0.2, 0.25) is 0 Å². The molecule has 0 saturated carbocycles. The lowest BCUT2D eigenvalue weighted by molar-refractivity contribution is -0.0418. The minimum atomic E-state index is -0.567. The van der Waals surface area contributed by atoms with Gasteiger partial charge < -0.3 is 4.74 Å². The van der Waals surface area contributed by atoms with Gasteiger partial charge in [0.05, 0.1) is 6.10 Å². The van der Waals surface area contributed by atoms with Crippen molar-refractivity contribution in [2.24, 2.45) is 5.73 Å². The molecule has 0 bridgehead atoms. The summed E-state index contributed by atoms with van der Waals surface area (Å²) in [6, 6.07) is 0. The highest BCUT2D eigenvalue weighted by molar-refractivity contribution is 5.16. The molecule has 0 aromatic rings. The summed E-state index contributed by atoms with van der Waals surface area (Å²) in [4.78, 5) is 0. The third kappa shape index (κ3) is 2.48. The maximum atomic E-state index is 5.90. The molecule has 1 aliphatic rings. The van der Waals surface area contributed by atoms with Crippen LogP contribution in [0.4, 0.5) is 0 Å². The van der Waals surface area contributed by atoms with Gasteiger partial charge >= 0.3 is 0 Å². The van der Waals surface area contributed by atoms with Crippen molar-refractivity contribution >= 4 is 0 Å². The summed E-state index contributed by atoms with van der Waals surface area (Å²) in [5.74, 6) is 0. The zero-order valence-corrected chi connectivity index (χ0v) is 7.08. The Labute approximate surface area is 67.7 Å². The Morgan fingerprint density at radius 2 is 2.18 bits per heavy atom. The smallest absolute Gasteiger partial charge is 0.139 e. The standard InChI is InChI=1S/C9H15NO/c1-8(2)11-9(10)6-4-3-5-7-9/h3-6,8H,7,10H2,1-2H3. The topological polar surface area (TPSA) is 35.2 Å². The van der Waals surface area contributed by atoms with Crippen LogP contribution >= 0.6 is 0 Å². The van der Waals surface area contributed by atoms with Gasteiger partial charge in [-0.25, -0.2) is 0 Å².